The molecule has 50 heavy (non-hydrogen) atoms. The van der Waals surface area contributed by atoms with Gasteiger partial charge in [-0.1, -0.05) is 65.6 Å². The number of carbonyl (C=O) groups excluding carboxylic acids is 4. The molecule has 1 saturated heterocycles. The molecule has 2 unspecified atom stereocenters. The third kappa shape index (κ3) is 5.71. The summed E-state index contributed by atoms with van der Waals surface area (Å²) >= 11 is 2.07. The number of nitrogens with zero attached hydrogens (tertiary/aromatic N) is 2. The van der Waals surface area contributed by atoms with E-state index in [0.717, 1.165) is 38.8 Å². The Morgan fingerprint density at radius 1 is 0.860 bits per heavy atom. The van der Waals surface area contributed by atoms with E-state index in [1.807, 2.05) is 36.4 Å². The molecule has 0 spiro atoms. The lowest BCUT2D eigenvalue weighted by Gasteiger charge is -2.31. The monoisotopic (exact) mass is 709 g/mol. The number of nitrogens with one attached hydrogen (secondary N) is 1. The number of amides is 3. The molecule has 3 heterocycles. The summed E-state index contributed by atoms with van der Waals surface area (Å²) in [7, 11) is 3.02. The van der Waals surface area contributed by atoms with Crippen LogP contribution < -0.4 is 24.6 Å². The molecule has 3 atom stereocenters. The zero-order valence-corrected chi connectivity index (χ0v) is 28.8. The first-order chi connectivity index (χ1) is 24.2. The number of esters is 1. The van der Waals surface area contributed by atoms with E-state index >= 15 is 0 Å². The van der Waals surface area contributed by atoms with Crippen molar-refractivity contribution in [1.29, 1.82) is 0 Å². The molecular weight excluding hydrogens is 679 g/mol. The quantitative estimate of drug-likeness (QED) is 0.151. The Bertz CT molecular complexity index is 2220. The third-order valence-electron chi connectivity index (χ3n) is 8.82. The van der Waals surface area contributed by atoms with Crippen LogP contribution in [0.5, 0.6) is 11.5 Å². The Hall–Kier alpha value is -5.40. The number of thiazole rings is 1. The van der Waals surface area contributed by atoms with E-state index < -0.39 is 40.8 Å². The molecule has 2 aliphatic rings. The van der Waals surface area contributed by atoms with Crippen LogP contribution >= 0.6 is 23.1 Å². The third-order valence-corrected chi connectivity index (χ3v) is 11.4. The van der Waals surface area contributed by atoms with Gasteiger partial charge in [-0.25, -0.2) is 9.69 Å². The van der Waals surface area contributed by atoms with E-state index in [4.69, 9.17) is 14.2 Å². The average molecular weight is 710 g/mol. The summed E-state index contributed by atoms with van der Waals surface area (Å²) in [4.78, 5) is 69.2. The fourth-order valence-electron chi connectivity index (χ4n) is 6.54. The second-order valence-corrected chi connectivity index (χ2v) is 13.8. The van der Waals surface area contributed by atoms with Gasteiger partial charge in [0.15, 0.2) is 11.5 Å². The van der Waals surface area contributed by atoms with Gasteiger partial charge in [-0.2, -0.15) is 0 Å². The van der Waals surface area contributed by atoms with Gasteiger partial charge in [0.1, 0.15) is 11.8 Å². The normalized spacial score (nSPS) is 18.1. The average Bonchev–Trinajstić information content (AvgIpc) is 3.57. The first-order valence-corrected chi connectivity index (χ1v) is 17.5. The van der Waals surface area contributed by atoms with Gasteiger partial charge in [0, 0.05) is 21.9 Å². The zero-order valence-electron chi connectivity index (χ0n) is 27.2. The standard InChI is InChI=1S/C37H31N3O8S2/c1-4-48-36(44)21-12-15-23(16-13-21)40-33(42)30-29(22-14-17-26(46-2)27(18-22)47-3)32-35(49-31(30)34(40)43)39(37(45)50-32)19-28(41)38-25-11-7-9-20-8-5-6-10-24(20)25/h5-18,29-31H,4,19H2,1-3H3,(H,38,41)/t29-,30?,31?/m1/s1. The first-order valence-electron chi connectivity index (χ1n) is 15.8. The van der Waals surface area contributed by atoms with Crippen LogP contribution in [0.4, 0.5) is 11.4 Å². The van der Waals surface area contributed by atoms with Gasteiger partial charge in [-0.3, -0.25) is 23.7 Å². The number of fused-ring (bicyclic) bond motifs is 3. The molecule has 13 heteroatoms. The molecule has 0 bridgehead atoms. The second kappa shape index (κ2) is 13.5. The molecular formula is C37H31N3O8S2. The summed E-state index contributed by atoms with van der Waals surface area (Å²) in [5.74, 6) is -2.51. The molecule has 7 rings (SSSR count). The molecule has 1 fully saturated rings. The number of benzene rings is 4. The summed E-state index contributed by atoms with van der Waals surface area (Å²) in [6.45, 7) is 1.62. The number of anilines is 2. The van der Waals surface area contributed by atoms with Gasteiger partial charge in [0.05, 0.1) is 43.0 Å². The van der Waals surface area contributed by atoms with Gasteiger partial charge >= 0.3 is 10.8 Å². The fourth-order valence-corrected chi connectivity index (χ4v) is 9.32. The molecule has 0 aliphatic carbocycles. The van der Waals surface area contributed by atoms with Crippen LogP contribution in [0.3, 0.4) is 0 Å². The Morgan fingerprint density at radius 3 is 2.34 bits per heavy atom. The van der Waals surface area contributed by atoms with Gasteiger partial charge in [-0.15, -0.1) is 0 Å². The highest BCUT2D eigenvalue weighted by Crippen LogP contribution is 2.54. The van der Waals surface area contributed by atoms with Crippen molar-refractivity contribution in [3.8, 4) is 11.5 Å². The predicted octanol–water partition coefficient (Wildman–Crippen LogP) is 5.69. The van der Waals surface area contributed by atoms with Crippen LogP contribution in [0.2, 0.25) is 0 Å². The molecule has 0 radical (unpaired) electrons. The number of aromatic nitrogens is 1. The SMILES string of the molecule is CCOC(=O)c1ccc(N2C(=O)C3Sc4c(sc(=O)n4CC(=O)Nc4cccc5ccccc45)[C@H](c4ccc(OC)c(OC)c4)C3C2=O)cc1. The molecule has 1 N–H and O–H groups in total. The number of carbonyl (C=O) groups is 4. The smallest absolute Gasteiger partial charge is 0.338 e. The molecule has 0 saturated carbocycles. The van der Waals surface area contributed by atoms with Gasteiger partial charge < -0.3 is 19.5 Å². The van der Waals surface area contributed by atoms with E-state index in [-0.39, 0.29) is 23.6 Å². The highest BCUT2D eigenvalue weighted by atomic mass is 32.2. The molecule has 254 valence electrons. The fraction of sp³-hybridized carbons (Fsp3) is 0.216. The van der Waals surface area contributed by atoms with Crippen molar-refractivity contribution in [2.24, 2.45) is 5.92 Å². The Labute approximate surface area is 294 Å². The largest absolute Gasteiger partial charge is 0.493 e. The highest BCUT2D eigenvalue weighted by Gasteiger charge is 2.57. The van der Waals surface area contributed by atoms with Crippen molar-refractivity contribution in [2.45, 2.75) is 29.7 Å². The molecule has 11 nitrogen and oxygen atoms in total. The lowest BCUT2D eigenvalue weighted by Crippen LogP contribution is -2.33. The maximum absolute atomic E-state index is 14.3. The number of thioether (sulfide) groups is 1. The lowest BCUT2D eigenvalue weighted by molar-refractivity contribution is -0.122. The number of hydrogen-bond donors (Lipinski definition) is 1. The molecule has 4 aromatic carbocycles. The van der Waals surface area contributed by atoms with Gasteiger partial charge in [0.25, 0.3) is 0 Å². The Morgan fingerprint density at radius 2 is 1.60 bits per heavy atom. The molecule has 1 aromatic heterocycles. The maximum atomic E-state index is 14.3. The number of imide groups is 1. The summed E-state index contributed by atoms with van der Waals surface area (Å²) in [6, 6.07) is 24.6. The second-order valence-electron chi connectivity index (χ2n) is 11.6. The van der Waals surface area contributed by atoms with E-state index in [1.165, 1.54) is 30.9 Å². The van der Waals surface area contributed by atoms with Gasteiger partial charge in [0.2, 0.25) is 17.7 Å². The first kappa shape index (κ1) is 33.1. The predicted molar refractivity (Wildman–Crippen MR) is 191 cm³/mol. The Balaban J connectivity index is 1.28. The number of rotatable bonds is 9. The van der Waals surface area contributed by atoms with E-state index in [0.29, 0.717) is 38.3 Å². The van der Waals surface area contributed by atoms with E-state index in [9.17, 15) is 24.0 Å². The summed E-state index contributed by atoms with van der Waals surface area (Å²) < 4.78 is 17.5. The van der Waals surface area contributed by atoms with Crippen LogP contribution in [-0.2, 0) is 25.7 Å². The van der Waals surface area contributed by atoms with Crippen LogP contribution in [0.1, 0.15) is 33.6 Å². The molecule has 5 aromatic rings. The number of hydrogen-bond acceptors (Lipinski definition) is 10. The van der Waals surface area contributed by atoms with E-state index in [2.05, 4.69) is 5.32 Å². The number of methoxy groups -OCH3 is 2. The summed E-state index contributed by atoms with van der Waals surface area (Å²) in [6.07, 6.45) is 0. The maximum Gasteiger partial charge on any atom is 0.338 e. The van der Waals surface area contributed by atoms with Crippen molar-refractivity contribution >= 4 is 68.9 Å². The lowest BCUT2D eigenvalue weighted by atomic mass is 9.83. The number of ether oxygens (including phenoxy) is 3. The van der Waals surface area contributed by atoms with Crippen molar-refractivity contribution in [3.05, 3.63) is 111 Å². The van der Waals surface area contributed by atoms with Crippen LogP contribution in [0.15, 0.2) is 94.7 Å². The van der Waals surface area contributed by atoms with Crippen LogP contribution in [0.25, 0.3) is 10.8 Å². The van der Waals surface area contributed by atoms with Crippen molar-refractivity contribution in [2.75, 3.05) is 31.0 Å². The van der Waals surface area contributed by atoms with E-state index in [1.54, 1.807) is 43.3 Å². The topological polar surface area (TPSA) is 133 Å². The molecule has 3 amide bonds. The van der Waals surface area contributed by atoms with Crippen molar-refractivity contribution in [3.63, 3.8) is 0 Å². The van der Waals surface area contributed by atoms with Crippen molar-refractivity contribution < 1.29 is 33.4 Å². The highest BCUT2D eigenvalue weighted by molar-refractivity contribution is 8.00. The minimum atomic E-state index is -0.904. The van der Waals surface area contributed by atoms with Gasteiger partial charge in [-0.05, 0) is 60.3 Å². The summed E-state index contributed by atoms with van der Waals surface area (Å²) in [5, 5.41) is 4.31. The minimum Gasteiger partial charge on any atom is -0.493 e. The minimum absolute atomic E-state index is 0.210. The van der Waals surface area contributed by atoms with Crippen molar-refractivity contribution in [1.82, 2.24) is 4.57 Å². The van der Waals surface area contributed by atoms with Crippen LogP contribution in [0, 0.1) is 5.92 Å². The summed E-state index contributed by atoms with van der Waals surface area (Å²) in [5.41, 5.74) is 1.86. The van der Waals surface area contributed by atoms with Crippen LogP contribution in [-0.4, -0.2) is 54.3 Å². The zero-order chi connectivity index (χ0) is 35.1. The Kier molecular flexibility index (Phi) is 8.93. The molecule has 2 aliphatic heterocycles.